The fourth-order valence-corrected chi connectivity index (χ4v) is 4.15. The van der Waals surface area contributed by atoms with E-state index >= 15 is 0 Å². The summed E-state index contributed by atoms with van der Waals surface area (Å²) in [6.07, 6.45) is 1.92. The van der Waals surface area contributed by atoms with Gasteiger partial charge in [-0.05, 0) is 48.8 Å². The van der Waals surface area contributed by atoms with Gasteiger partial charge in [0, 0.05) is 19.3 Å². The van der Waals surface area contributed by atoms with Gasteiger partial charge in [0.05, 0.1) is 11.0 Å². The van der Waals surface area contributed by atoms with Crippen LogP contribution in [0.25, 0.3) is 11.0 Å². The Hall–Kier alpha value is -2.84. The summed E-state index contributed by atoms with van der Waals surface area (Å²) in [5.74, 6) is -1.26. The van der Waals surface area contributed by atoms with Crippen molar-refractivity contribution in [3.63, 3.8) is 0 Å². The fraction of sp³-hybridized carbons (Fsp3) is 0.421. The number of carbonyl (C=O) groups excluding carboxylic acids is 2. The number of nitrogens with one attached hydrogen (secondary N) is 2. The monoisotopic (exact) mass is 392 g/mol. The Morgan fingerprint density at radius 3 is 2.64 bits per heavy atom. The zero-order valence-corrected chi connectivity index (χ0v) is 15.1. The number of aromatic nitrogens is 2. The molecule has 2 N–H and O–H groups in total. The van der Waals surface area contributed by atoms with E-state index in [-0.39, 0.29) is 16.7 Å². The highest BCUT2D eigenvalue weighted by molar-refractivity contribution is 6.39. The van der Waals surface area contributed by atoms with Crippen LogP contribution in [0.15, 0.2) is 30.4 Å². The Kier molecular flexibility index (Phi) is 4.40. The molecule has 2 aromatic rings. The third kappa shape index (κ3) is 3.36. The molecule has 1 aromatic heterocycles. The molecule has 2 aliphatic carbocycles. The van der Waals surface area contributed by atoms with E-state index in [0.717, 1.165) is 17.4 Å². The smallest absolute Gasteiger partial charge is 0.348 e. The number of hydrogen-bond acceptors (Lipinski definition) is 3. The van der Waals surface area contributed by atoms with Crippen molar-refractivity contribution < 1.29 is 22.8 Å². The molecule has 3 atom stereocenters. The normalized spacial score (nSPS) is 23.4. The number of hydrogen-bond donors (Lipinski definition) is 2. The predicted molar refractivity (Wildman–Crippen MR) is 96.2 cm³/mol. The van der Waals surface area contributed by atoms with Crippen molar-refractivity contribution in [3.05, 3.63) is 36.2 Å². The number of aryl methyl sites for hydroxylation is 1. The van der Waals surface area contributed by atoms with Gasteiger partial charge in [0.2, 0.25) is 5.82 Å². The highest BCUT2D eigenvalue weighted by atomic mass is 19.4. The van der Waals surface area contributed by atoms with Crippen molar-refractivity contribution in [2.45, 2.75) is 19.0 Å². The van der Waals surface area contributed by atoms with Crippen molar-refractivity contribution >= 4 is 28.5 Å². The molecule has 1 heterocycles. The van der Waals surface area contributed by atoms with Crippen LogP contribution >= 0.6 is 0 Å². The molecule has 28 heavy (non-hydrogen) atoms. The highest BCUT2D eigenvalue weighted by Gasteiger charge is 2.37. The molecular weight excluding hydrogens is 373 g/mol. The number of anilines is 1. The maximum Gasteiger partial charge on any atom is 0.449 e. The maximum atomic E-state index is 13.0. The minimum atomic E-state index is -4.58. The lowest BCUT2D eigenvalue weighted by Gasteiger charge is -2.18. The van der Waals surface area contributed by atoms with E-state index in [4.69, 9.17) is 0 Å². The van der Waals surface area contributed by atoms with Crippen LogP contribution in [0.4, 0.5) is 18.9 Å². The lowest BCUT2D eigenvalue weighted by molar-refractivity contribution is -0.146. The molecule has 3 unspecified atom stereocenters. The van der Waals surface area contributed by atoms with Gasteiger partial charge in [0.1, 0.15) is 0 Å². The summed E-state index contributed by atoms with van der Waals surface area (Å²) >= 11 is 0. The number of alkyl halides is 3. The predicted octanol–water partition coefficient (Wildman–Crippen LogP) is 2.86. The topological polar surface area (TPSA) is 76.0 Å². The molecule has 2 bridgehead atoms. The largest absolute Gasteiger partial charge is 0.449 e. The van der Waals surface area contributed by atoms with E-state index in [1.165, 1.54) is 25.2 Å². The van der Waals surface area contributed by atoms with E-state index in [0.29, 0.717) is 24.3 Å². The van der Waals surface area contributed by atoms with Crippen LogP contribution < -0.4 is 10.6 Å². The number of imidazole rings is 1. The van der Waals surface area contributed by atoms with E-state index in [1.807, 2.05) is 0 Å². The van der Waals surface area contributed by atoms with E-state index in [9.17, 15) is 22.8 Å². The van der Waals surface area contributed by atoms with Crippen molar-refractivity contribution in [1.29, 1.82) is 0 Å². The summed E-state index contributed by atoms with van der Waals surface area (Å²) in [5, 5.41) is 5.06. The van der Waals surface area contributed by atoms with Gasteiger partial charge in [-0.25, -0.2) is 4.98 Å². The quantitative estimate of drug-likeness (QED) is 0.623. The standard InChI is InChI=1S/C19H19F3N4O2/c1-26-15-5-4-13(8-14(15)25-18(26)19(20,21)22)24-17(28)16(27)23-9-12-7-10-2-3-11(12)6-10/h2-5,8,10-12H,6-7,9H2,1H3,(H,23,27)(H,24,28). The molecular formula is C19H19F3N4O2. The summed E-state index contributed by atoms with van der Waals surface area (Å²) in [4.78, 5) is 27.7. The number of fused-ring (bicyclic) bond motifs is 3. The van der Waals surface area contributed by atoms with E-state index in [2.05, 4.69) is 27.8 Å². The van der Waals surface area contributed by atoms with Gasteiger partial charge in [-0.3, -0.25) is 9.59 Å². The van der Waals surface area contributed by atoms with Crippen LogP contribution in [-0.4, -0.2) is 27.9 Å². The van der Waals surface area contributed by atoms with Gasteiger partial charge in [0.25, 0.3) is 0 Å². The third-order valence-corrected chi connectivity index (χ3v) is 5.54. The van der Waals surface area contributed by atoms with Crippen LogP contribution in [-0.2, 0) is 22.8 Å². The van der Waals surface area contributed by atoms with Gasteiger partial charge in [-0.1, -0.05) is 12.2 Å². The first-order chi connectivity index (χ1) is 13.2. The summed E-state index contributed by atoms with van der Waals surface area (Å²) in [5.41, 5.74) is 0.572. The minimum Gasteiger partial charge on any atom is -0.348 e. The molecule has 0 aliphatic heterocycles. The SMILES string of the molecule is Cn1c(C(F)(F)F)nc2cc(NC(=O)C(=O)NCC3CC4C=CC3C4)ccc21. The zero-order valence-electron chi connectivity index (χ0n) is 15.1. The number of carbonyl (C=O) groups is 2. The second-order valence-corrected chi connectivity index (χ2v) is 7.40. The molecule has 0 saturated heterocycles. The summed E-state index contributed by atoms with van der Waals surface area (Å²) < 4.78 is 39.8. The molecule has 4 rings (SSSR count). The van der Waals surface area contributed by atoms with Crippen molar-refractivity contribution in [3.8, 4) is 0 Å². The average Bonchev–Trinajstić information content (AvgIpc) is 3.33. The van der Waals surface area contributed by atoms with Crippen molar-refractivity contribution in [1.82, 2.24) is 14.9 Å². The summed E-state index contributed by atoms with van der Waals surface area (Å²) in [7, 11) is 1.27. The first-order valence-corrected chi connectivity index (χ1v) is 9.03. The van der Waals surface area contributed by atoms with Crippen LogP contribution in [0.1, 0.15) is 18.7 Å². The molecule has 0 spiro atoms. The Bertz CT molecular complexity index is 979. The molecule has 2 aliphatic rings. The Morgan fingerprint density at radius 1 is 1.21 bits per heavy atom. The van der Waals surface area contributed by atoms with Crippen LogP contribution in [0.2, 0.25) is 0 Å². The highest BCUT2D eigenvalue weighted by Crippen LogP contribution is 2.42. The lowest BCUT2D eigenvalue weighted by Crippen LogP contribution is -2.38. The maximum absolute atomic E-state index is 13.0. The van der Waals surface area contributed by atoms with Gasteiger partial charge < -0.3 is 15.2 Å². The molecule has 1 saturated carbocycles. The van der Waals surface area contributed by atoms with Crippen LogP contribution in [0.5, 0.6) is 0 Å². The van der Waals surface area contributed by atoms with Crippen LogP contribution in [0, 0.1) is 17.8 Å². The molecule has 2 amide bonds. The molecule has 0 radical (unpaired) electrons. The molecule has 1 aromatic carbocycles. The number of rotatable bonds is 3. The van der Waals surface area contributed by atoms with Crippen molar-refractivity contribution in [2.75, 3.05) is 11.9 Å². The number of allylic oxidation sites excluding steroid dienone is 2. The molecule has 148 valence electrons. The fourth-order valence-electron chi connectivity index (χ4n) is 4.15. The molecule has 1 fully saturated rings. The van der Waals surface area contributed by atoms with Gasteiger partial charge in [-0.2, -0.15) is 13.2 Å². The Labute approximate surface area is 158 Å². The lowest BCUT2D eigenvalue weighted by atomic mass is 9.94. The van der Waals surface area contributed by atoms with Gasteiger partial charge in [-0.15, -0.1) is 0 Å². The number of amides is 2. The number of benzene rings is 1. The second-order valence-electron chi connectivity index (χ2n) is 7.40. The first kappa shape index (κ1) is 18.5. The summed E-state index contributed by atoms with van der Waals surface area (Å²) in [6, 6.07) is 4.18. The zero-order chi connectivity index (χ0) is 20.1. The average molecular weight is 392 g/mol. The number of halogens is 3. The van der Waals surface area contributed by atoms with E-state index < -0.39 is 23.8 Å². The van der Waals surface area contributed by atoms with Gasteiger partial charge >= 0.3 is 18.0 Å². The molecule has 9 heteroatoms. The molecule has 6 nitrogen and oxygen atoms in total. The van der Waals surface area contributed by atoms with Crippen molar-refractivity contribution in [2.24, 2.45) is 24.8 Å². The second kappa shape index (κ2) is 6.65. The Balaban J connectivity index is 1.40. The van der Waals surface area contributed by atoms with E-state index in [1.54, 1.807) is 0 Å². The third-order valence-electron chi connectivity index (χ3n) is 5.54. The number of nitrogens with zero attached hydrogens (tertiary/aromatic N) is 2. The first-order valence-electron chi connectivity index (χ1n) is 9.03. The Morgan fingerprint density at radius 2 is 2.00 bits per heavy atom. The van der Waals surface area contributed by atoms with Gasteiger partial charge in [0.15, 0.2) is 0 Å². The van der Waals surface area contributed by atoms with Crippen LogP contribution in [0.3, 0.4) is 0 Å². The minimum absolute atomic E-state index is 0.0850. The summed E-state index contributed by atoms with van der Waals surface area (Å²) in [6.45, 7) is 0.436.